The van der Waals surface area contributed by atoms with Crippen LogP contribution >= 0.6 is 23.2 Å². The van der Waals surface area contributed by atoms with Crippen molar-refractivity contribution >= 4 is 67.1 Å². The quantitative estimate of drug-likeness (QED) is 0.189. The van der Waals surface area contributed by atoms with Crippen LogP contribution in [0.2, 0.25) is 10.0 Å². The third kappa shape index (κ3) is 6.72. The monoisotopic (exact) mass is 595 g/mol. The molecule has 39 heavy (non-hydrogen) atoms. The number of benzene rings is 4. The summed E-state index contributed by atoms with van der Waals surface area (Å²) in [7, 11) is -3.18. The zero-order chi connectivity index (χ0) is 27.6. The van der Waals surface area contributed by atoms with E-state index in [1.807, 2.05) is 0 Å². The summed E-state index contributed by atoms with van der Waals surface area (Å²) in [5.41, 5.74) is 0.481. The first-order valence-electron chi connectivity index (χ1n) is 11.1. The van der Waals surface area contributed by atoms with Gasteiger partial charge in [-0.25, -0.2) is 0 Å². The number of ether oxygens (including phenoxy) is 1. The minimum absolute atomic E-state index is 0. The second kappa shape index (κ2) is 12.6. The molecule has 0 aliphatic carbocycles. The number of rotatable bonds is 7. The fourth-order valence-corrected chi connectivity index (χ4v) is 5.11. The first-order chi connectivity index (χ1) is 18.0. The van der Waals surface area contributed by atoms with Crippen LogP contribution in [0.15, 0.2) is 75.8 Å². The van der Waals surface area contributed by atoms with Crippen LogP contribution in [0.5, 0.6) is 11.5 Å². The molecule has 0 aromatic heterocycles. The van der Waals surface area contributed by atoms with Crippen LogP contribution in [-0.4, -0.2) is 26.0 Å². The molecular weight excluding hydrogens is 576 g/mol. The normalized spacial score (nSPS) is 11.4. The van der Waals surface area contributed by atoms with Crippen LogP contribution in [0, 0.1) is 0 Å². The molecule has 0 radical (unpaired) electrons. The van der Waals surface area contributed by atoms with Crippen LogP contribution in [0.3, 0.4) is 0 Å². The Morgan fingerprint density at radius 1 is 1.05 bits per heavy atom. The number of hydrogen-bond acceptors (Lipinski definition) is 7. The summed E-state index contributed by atoms with van der Waals surface area (Å²) in [6.45, 7) is 1.79. The number of carbonyl (C=O) groups is 1. The van der Waals surface area contributed by atoms with Gasteiger partial charge in [0.25, 0.3) is 16.0 Å². The predicted molar refractivity (Wildman–Crippen MR) is 144 cm³/mol. The van der Waals surface area contributed by atoms with Gasteiger partial charge in [0.2, 0.25) is 0 Å². The summed E-state index contributed by atoms with van der Waals surface area (Å²) in [5.74, 6) is -1.000. The van der Waals surface area contributed by atoms with Crippen molar-refractivity contribution in [1.82, 2.24) is 0 Å². The number of carbonyl (C=O) groups excluding carboxylic acids is 1. The maximum atomic E-state index is 13.5. The minimum Gasteiger partial charge on any atom is -0.870 e. The maximum absolute atomic E-state index is 13.5. The number of nitrogens with one attached hydrogen (secondary N) is 1. The van der Waals surface area contributed by atoms with Crippen molar-refractivity contribution in [3.63, 3.8) is 0 Å². The van der Waals surface area contributed by atoms with E-state index >= 15 is 0 Å². The number of methoxy groups -OCH3 is 1. The van der Waals surface area contributed by atoms with Crippen molar-refractivity contribution in [1.29, 1.82) is 0 Å². The van der Waals surface area contributed by atoms with E-state index in [1.165, 1.54) is 31.4 Å². The van der Waals surface area contributed by atoms with E-state index in [2.05, 4.69) is 15.5 Å². The van der Waals surface area contributed by atoms with Crippen LogP contribution < -0.4 is 44.7 Å². The van der Waals surface area contributed by atoms with Crippen molar-refractivity contribution in [3.8, 4) is 11.5 Å². The molecule has 4 rings (SSSR count). The molecule has 9 nitrogen and oxygen atoms in total. The first kappa shape index (κ1) is 30.8. The molecule has 0 spiro atoms. The molecule has 0 saturated carbocycles. The molecule has 13 heteroatoms. The van der Waals surface area contributed by atoms with Crippen molar-refractivity contribution < 1.29 is 57.2 Å². The Balaban J connectivity index is 0.00000420. The average molecular weight is 596 g/mol. The van der Waals surface area contributed by atoms with E-state index in [4.69, 9.17) is 27.9 Å². The zero-order valence-corrected chi connectivity index (χ0v) is 25.4. The minimum atomic E-state index is -4.63. The largest absolute Gasteiger partial charge is 1.00 e. The van der Waals surface area contributed by atoms with Crippen molar-refractivity contribution in [2.75, 3.05) is 12.4 Å². The first-order valence-corrected chi connectivity index (χ1v) is 13.3. The standard InChI is InChI=1S/C26H21Cl2N3O6S.Na/c1-3-14-8-9-21(38(34,35)36)22(28)23(14)30-31-24-19-7-5-4-6-15(19)10-20(25(24)32)26(33)29-17-11-16(27)12-18(13-17)37-2;/h4-13,32H,3H2,1-2H3,(H,29,33)(H,34,35,36);/q;+1/p-1. The Morgan fingerprint density at radius 3 is 2.41 bits per heavy atom. The van der Waals surface area contributed by atoms with Crippen molar-refractivity contribution in [3.05, 3.63) is 81.8 Å². The summed E-state index contributed by atoms with van der Waals surface area (Å²) in [6, 6.07) is 15.5. The van der Waals surface area contributed by atoms with Gasteiger partial charge in [-0.15, -0.1) is 5.11 Å². The van der Waals surface area contributed by atoms with Crippen LogP contribution in [0.25, 0.3) is 10.8 Å². The van der Waals surface area contributed by atoms with Crippen molar-refractivity contribution in [2.24, 2.45) is 10.2 Å². The third-order valence-corrected chi connectivity index (χ3v) is 7.27. The molecule has 0 aliphatic rings. The summed E-state index contributed by atoms with van der Waals surface area (Å²) in [4.78, 5) is 12.6. The molecule has 0 heterocycles. The molecule has 0 unspecified atom stereocenters. The van der Waals surface area contributed by atoms with Crippen LogP contribution in [0.4, 0.5) is 17.1 Å². The zero-order valence-electron chi connectivity index (χ0n) is 21.0. The number of halogens is 2. The van der Waals surface area contributed by atoms with Crippen LogP contribution in [0.1, 0.15) is 22.8 Å². The number of anilines is 1. The summed E-state index contributed by atoms with van der Waals surface area (Å²) < 4.78 is 38.1. The van der Waals surface area contributed by atoms with Gasteiger partial charge in [0.15, 0.2) is 0 Å². The molecule has 196 valence electrons. The van der Waals surface area contributed by atoms with Gasteiger partial charge in [-0.3, -0.25) is 9.35 Å². The molecule has 0 atom stereocenters. The summed E-state index contributed by atoms with van der Waals surface area (Å²) >= 11 is 12.3. The molecule has 4 aromatic carbocycles. The fraction of sp³-hybridized carbons (Fsp3) is 0.115. The maximum Gasteiger partial charge on any atom is 1.00 e. The Hall–Kier alpha value is -2.70. The fourth-order valence-electron chi connectivity index (χ4n) is 3.81. The molecule has 0 saturated heterocycles. The number of nitrogens with zero attached hydrogens (tertiary/aromatic N) is 2. The van der Waals surface area contributed by atoms with Crippen LogP contribution in [-0.2, 0) is 16.5 Å². The van der Waals surface area contributed by atoms with Gasteiger partial charge in [0, 0.05) is 27.7 Å². The molecule has 0 aliphatic heterocycles. The Kier molecular flexibility index (Phi) is 10.0. The van der Waals surface area contributed by atoms with Gasteiger partial charge < -0.3 is 15.2 Å². The van der Waals surface area contributed by atoms with E-state index in [1.54, 1.807) is 43.3 Å². The van der Waals surface area contributed by atoms with Gasteiger partial charge in [0.1, 0.15) is 16.3 Å². The van der Waals surface area contributed by atoms with Gasteiger partial charge in [0.05, 0.1) is 17.8 Å². The van der Waals surface area contributed by atoms with Gasteiger partial charge in [-0.2, -0.15) is 13.5 Å². The Bertz CT molecular complexity index is 1710. The molecule has 4 aromatic rings. The molecule has 0 fully saturated rings. The smallest absolute Gasteiger partial charge is 0.870 e. The van der Waals surface area contributed by atoms with E-state index in [0.29, 0.717) is 39.2 Å². The average Bonchev–Trinajstić information content (AvgIpc) is 2.87. The van der Waals surface area contributed by atoms with E-state index in [0.717, 1.165) is 0 Å². The number of aryl methyl sites for hydroxylation is 1. The van der Waals surface area contributed by atoms with Gasteiger partial charge >= 0.3 is 29.6 Å². The molecular formula is C26H20Cl2N3NaO6S. The number of amides is 1. The number of azo groups is 1. The molecule has 2 N–H and O–H groups in total. The summed E-state index contributed by atoms with van der Waals surface area (Å²) in [6.07, 6.45) is 0.413. The summed E-state index contributed by atoms with van der Waals surface area (Å²) in [5, 5.41) is 25.3. The molecule has 0 bridgehead atoms. The topological polar surface area (TPSA) is 140 Å². The van der Waals surface area contributed by atoms with Gasteiger partial charge in [-0.05, 0) is 41.6 Å². The van der Waals surface area contributed by atoms with E-state index in [-0.39, 0.29) is 51.5 Å². The SMILES string of the molecule is CCc1ccc(S(=O)(=O)O)c(Cl)c1N=Nc1c([O-])c(C(=O)Nc2cc(Cl)cc(OC)c2)cc2ccccc12.[Na+]. The number of fused-ring (bicyclic) bond motifs is 1. The Morgan fingerprint density at radius 2 is 1.74 bits per heavy atom. The Labute approximate surface area is 256 Å². The second-order valence-corrected chi connectivity index (χ2v) is 10.3. The number of hydrogen-bond donors (Lipinski definition) is 2. The van der Waals surface area contributed by atoms with E-state index < -0.39 is 26.7 Å². The van der Waals surface area contributed by atoms with Gasteiger partial charge in [-0.1, -0.05) is 66.2 Å². The third-order valence-electron chi connectivity index (χ3n) is 5.66. The van der Waals surface area contributed by atoms with E-state index in [9.17, 15) is 22.9 Å². The predicted octanol–water partition coefficient (Wildman–Crippen LogP) is 3.71. The van der Waals surface area contributed by atoms with Crippen molar-refractivity contribution in [2.45, 2.75) is 18.2 Å². The molecule has 1 amide bonds. The second-order valence-electron chi connectivity index (χ2n) is 8.07.